The van der Waals surface area contributed by atoms with Crippen molar-refractivity contribution < 1.29 is 4.74 Å². The maximum absolute atomic E-state index is 5.58. The van der Waals surface area contributed by atoms with Crippen molar-refractivity contribution in [1.82, 2.24) is 4.90 Å². The monoisotopic (exact) mass is 289 g/mol. The van der Waals surface area contributed by atoms with Crippen molar-refractivity contribution >= 4 is 0 Å². The van der Waals surface area contributed by atoms with Gasteiger partial charge in [-0.15, -0.1) is 0 Å². The third kappa shape index (κ3) is 3.11. The summed E-state index contributed by atoms with van der Waals surface area (Å²) in [6, 6.07) is 7.19. The molecule has 2 nitrogen and oxygen atoms in total. The van der Waals surface area contributed by atoms with Gasteiger partial charge >= 0.3 is 0 Å². The van der Waals surface area contributed by atoms with E-state index in [-0.39, 0.29) is 5.41 Å². The molecule has 0 aromatic heterocycles. The predicted octanol–water partition coefficient (Wildman–Crippen LogP) is 4.41. The maximum Gasteiger partial charge on any atom is 0.122 e. The molecule has 0 amide bonds. The molecule has 0 bridgehead atoms. The first kappa shape index (κ1) is 16.4. The number of hydrogen-bond acceptors (Lipinski definition) is 2. The molecule has 1 atom stereocenters. The SMILES string of the molecule is CCCN(CCC)[C@@H]1CCc2c(OC)cccc2C1(C)C. The Kier molecular flexibility index (Phi) is 5.32. The first-order valence-electron chi connectivity index (χ1n) is 8.46. The summed E-state index contributed by atoms with van der Waals surface area (Å²) < 4.78 is 5.58. The summed E-state index contributed by atoms with van der Waals surface area (Å²) in [7, 11) is 1.79. The molecule has 2 rings (SSSR count). The lowest BCUT2D eigenvalue weighted by molar-refractivity contribution is 0.115. The van der Waals surface area contributed by atoms with Crippen LogP contribution in [0.15, 0.2) is 18.2 Å². The van der Waals surface area contributed by atoms with Crippen molar-refractivity contribution in [3.8, 4) is 5.75 Å². The van der Waals surface area contributed by atoms with Crippen LogP contribution in [0.4, 0.5) is 0 Å². The Morgan fingerprint density at radius 3 is 2.43 bits per heavy atom. The fourth-order valence-electron chi connectivity index (χ4n) is 4.08. The Morgan fingerprint density at radius 1 is 1.19 bits per heavy atom. The minimum atomic E-state index is 0.187. The highest BCUT2D eigenvalue weighted by atomic mass is 16.5. The molecule has 0 spiro atoms. The quantitative estimate of drug-likeness (QED) is 0.769. The van der Waals surface area contributed by atoms with Gasteiger partial charge in [-0.25, -0.2) is 0 Å². The van der Waals surface area contributed by atoms with Crippen molar-refractivity contribution in [2.45, 2.75) is 64.8 Å². The van der Waals surface area contributed by atoms with E-state index >= 15 is 0 Å². The van der Waals surface area contributed by atoms with Gasteiger partial charge < -0.3 is 4.74 Å². The van der Waals surface area contributed by atoms with E-state index in [4.69, 9.17) is 4.74 Å². The van der Waals surface area contributed by atoms with Crippen molar-refractivity contribution in [3.05, 3.63) is 29.3 Å². The zero-order valence-electron chi connectivity index (χ0n) is 14.4. The first-order valence-corrected chi connectivity index (χ1v) is 8.46. The molecule has 0 fully saturated rings. The van der Waals surface area contributed by atoms with Crippen LogP contribution in [0.1, 0.15) is 58.1 Å². The fourth-order valence-corrected chi connectivity index (χ4v) is 4.08. The molecule has 2 heteroatoms. The lowest BCUT2D eigenvalue weighted by Gasteiger charge is -2.46. The molecule has 1 aromatic rings. The van der Waals surface area contributed by atoms with Crippen molar-refractivity contribution in [3.63, 3.8) is 0 Å². The lowest BCUT2D eigenvalue weighted by atomic mass is 9.68. The molecule has 0 saturated heterocycles. The molecular weight excluding hydrogens is 258 g/mol. The van der Waals surface area contributed by atoms with Gasteiger partial charge in [0.1, 0.15) is 5.75 Å². The van der Waals surface area contributed by atoms with E-state index in [1.165, 1.54) is 43.5 Å². The van der Waals surface area contributed by atoms with Gasteiger partial charge in [0.15, 0.2) is 0 Å². The smallest absolute Gasteiger partial charge is 0.122 e. The van der Waals surface area contributed by atoms with Gasteiger partial charge in [0, 0.05) is 11.5 Å². The molecule has 1 aromatic carbocycles. The van der Waals surface area contributed by atoms with Crippen molar-refractivity contribution in [1.29, 1.82) is 0 Å². The number of ether oxygens (including phenoxy) is 1. The van der Waals surface area contributed by atoms with Gasteiger partial charge in [-0.05, 0) is 56.0 Å². The molecule has 0 radical (unpaired) electrons. The number of nitrogens with zero attached hydrogens (tertiary/aromatic N) is 1. The molecule has 21 heavy (non-hydrogen) atoms. The molecule has 118 valence electrons. The van der Waals surface area contributed by atoms with E-state index in [1.807, 2.05) is 0 Å². The van der Waals surface area contributed by atoms with Crippen LogP contribution in [0.2, 0.25) is 0 Å². The Morgan fingerprint density at radius 2 is 1.86 bits per heavy atom. The molecule has 0 saturated carbocycles. The minimum absolute atomic E-state index is 0.187. The van der Waals surface area contributed by atoms with Crippen molar-refractivity contribution in [2.75, 3.05) is 20.2 Å². The van der Waals surface area contributed by atoms with Crippen LogP contribution in [0.3, 0.4) is 0 Å². The van der Waals surface area contributed by atoms with Gasteiger partial charge in [0.2, 0.25) is 0 Å². The van der Waals surface area contributed by atoms with Gasteiger partial charge in [0.05, 0.1) is 7.11 Å². The Bertz CT molecular complexity index is 461. The van der Waals surface area contributed by atoms with E-state index in [1.54, 1.807) is 7.11 Å². The fraction of sp³-hybridized carbons (Fsp3) is 0.684. The summed E-state index contributed by atoms with van der Waals surface area (Å²) in [5.74, 6) is 1.07. The summed E-state index contributed by atoms with van der Waals surface area (Å²) >= 11 is 0. The molecular formula is C19H31NO. The van der Waals surface area contributed by atoms with Crippen LogP contribution in [-0.4, -0.2) is 31.1 Å². The third-order valence-corrected chi connectivity index (χ3v) is 5.01. The third-order valence-electron chi connectivity index (χ3n) is 5.01. The Hall–Kier alpha value is -1.02. The van der Waals surface area contributed by atoms with Crippen LogP contribution in [0.5, 0.6) is 5.75 Å². The van der Waals surface area contributed by atoms with Crippen LogP contribution < -0.4 is 4.74 Å². The second kappa shape index (κ2) is 6.83. The normalized spacial score (nSPS) is 20.4. The summed E-state index contributed by atoms with van der Waals surface area (Å²) in [5, 5.41) is 0. The standard InChI is InChI=1S/C19H31NO/c1-6-13-20(14-7-2)18-12-11-15-16(19(18,3)4)9-8-10-17(15)21-5/h8-10,18H,6-7,11-14H2,1-5H3/t18-/m1/s1. The van der Waals surface area contributed by atoms with Crippen LogP contribution in [0, 0.1) is 0 Å². The summed E-state index contributed by atoms with van der Waals surface area (Å²) in [4.78, 5) is 2.71. The summed E-state index contributed by atoms with van der Waals surface area (Å²) in [6.07, 6.45) is 4.84. The minimum Gasteiger partial charge on any atom is -0.496 e. The number of benzene rings is 1. The van der Waals surface area contributed by atoms with Gasteiger partial charge in [-0.3, -0.25) is 4.90 Å². The number of hydrogen-bond donors (Lipinski definition) is 0. The second-order valence-electron chi connectivity index (χ2n) is 6.80. The number of fused-ring (bicyclic) bond motifs is 1. The Balaban J connectivity index is 2.36. The summed E-state index contributed by atoms with van der Waals surface area (Å²) in [5.41, 5.74) is 3.09. The maximum atomic E-state index is 5.58. The molecule has 0 aliphatic heterocycles. The van der Waals surface area contributed by atoms with Crippen LogP contribution in [-0.2, 0) is 11.8 Å². The van der Waals surface area contributed by atoms with Crippen LogP contribution >= 0.6 is 0 Å². The molecule has 0 unspecified atom stereocenters. The molecule has 1 aliphatic rings. The highest BCUT2D eigenvalue weighted by Gasteiger charge is 2.40. The number of rotatable bonds is 6. The largest absolute Gasteiger partial charge is 0.496 e. The van der Waals surface area contributed by atoms with Gasteiger partial charge in [-0.2, -0.15) is 0 Å². The van der Waals surface area contributed by atoms with Gasteiger partial charge in [0.25, 0.3) is 0 Å². The molecule has 0 N–H and O–H groups in total. The zero-order valence-corrected chi connectivity index (χ0v) is 14.4. The molecule has 0 heterocycles. The topological polar surface area (TPSA) is 12.5 Å². The van der Waals surface area contributed by atoms with E-state index in [9.17, 15) is 0 Å². The lowest BCUT2D eigenvalue weighted by Crippen LogP contribution is -2.51. The zero-order chi connectivity index (χ0) is 15.5. The molecule has 1 aliphatic carbocycles. The highest BCUT2D eigenvalue weighted by molar-refractivity contribution is 5.46. The van der Waals surface area contributed by atoms with Gasteiger partial charge in [-0.1, -0.05) is 39.8 Å². The van der Waals surface area contributed by atoms with E-state index in [2.05, 4.69) is 50.8 Å². The number of methoxy groups -OCH3 is 1. The Labute approximate surface area is 130 Å². The average Bonchev–Trinajstić information content (AvgIpc) is 2.46. The van der Waals surface area contributed by atoms with Crippen LogP contribution in [0.25, 0.3) is 0 Å². The van der Waals surface area contributed by atoms with E-state index < -0.39 is 0 Å². The predicted molar refractivity (Wildman–Crippen MR) is 90.3 cm³/mol. The second-order valence-corrected chi connectivity index (χ2v) is 6.80. The average molecular weight is 289 g/mol. The summed E-state index contributed by atoms with van der Waals surface area (Å²) in [6.45, 7) is 11.8. The van der Waals surface area contributed by atoms with E-state index in [0.29, 0.717) is 6.04 Å². The first-order chi connectivity index (χ1) is 10.1. The van der Waals surface area contributed by atoms with E-state index in [0.717, 1.165) is 12.2 Å². The highest BCUT2D eigenvalue weighted by Crippen LogP contribution is 2.42. The van der Waals surface area contributed by atoms with Crippen molar-refractivity contribution in [2.24, 2.45) is 0 Å².